The summed E-state index contributed by atoms with van der Waals surface area (Å²) >= 11 is 1.48. The highest BCUT2D eigenvalue weighted by Gasteiger charge is 2.25. The van der Waals surface area contributed by atoms with E-state index in [1.54, 1.807) is 0 Å². The van der Waals surface area contributed by atoms with Crippen molar-refractivity contribution >= 4 is 11.8 Å². The number of thioether (sulfide) groups is 1. The molecule has 1 atom stereocenters. The number of nitrogens with zero attached hydrogens (tertiary/aromatic N) is 2. The molecule has 0 N–H and O–H groups in total. The molecule has 0 amide bonds. The van der Waals surface area contributed by atoms with E-state index in [9.17, 15) is 4.39 Å². The van der Waals surface area contributed by atoms with Gasteiger partial charge < -0.3 is 9.47 Å². The van der Waals surface area contributed by atoms with Gasteiger partial charge in [0.2, 0.25) is 6.29 Å². The fourth-order valence-corrected chi connectivity index (χ4v) is 4.01. The first kappa shape index (κ1) is 18.9. The normalized spacial score (nSPS) is 15.8. The lowest BCUT2D eigenvalue weighted by atomic mass is 10.1. The van der Waals surface area contributed by atoms with E-state index in [0.717, 1.165) is 33.6 Å². The molecular formula is C22H21FN2O2S. The molecule has 3 aromatic rings. The molecule has 2 heterocycles. The Morgan fingerprint density at radius 2 is 1.79 bits per heavy atom. The van der Waals surface area contributed by atoms with Crippen LogP contribution in [0.5, 0.6) is 5.75 Å². The van der Waals surface area contributed by atoms with Crippen LogP contribution in [0.3, 0.4) is 0 Å². The Hall–Kier alpha value is -2.44. The van der Waals surface area contributed by atoms with Crippen LogP contribution in [0.1, 0.15) is 39.9 Å². The van der Waals surface area contributed by atoms with Gasteiger partial charge in [0.1, 0.15) is 11.6 Å². The van der Waals surface area contributed by atoms with E-state index >= 15 is 0 Å². The van der Waals surface area contributed by atoms with Gasteiger partial charge in [-0.3, -0.25) is 0 Å². The van der Waals surface area contributed by atoms with Crippen molar-refractivity contribution in [3.8, 4) is 5.75 Å². The first-order chi connectivity index (χ1) is 13.5. The third-order valence-corrected chi connectivity index (χ3v) is 5.76. The first-order valence-electron chi connectivity index (χ1n) is 9.10. The highest BCUT2D eigenvalue weighted by atomic mass is 32.2. The molecule has 0 saturated carbocycles. The van der Waals surface area contributed by atoms with E-state index in [1.165, 1.54) is 23.9 Å². The van der Waals surface area contributed by atoms with Crippen molar-refractivity contribution in [3.05, 3.63) is 81.9 Å². The maximum atomic E-state index is 14.1. The Kier molecular flexibility index (Phi) is 5.33. The molecule has 6 heteroatoms. The quantitative estimate of drug-likeness (QED) is 0.434. The standard InChI is InChI=1S/C22H21FN2O2S/c1-13-14(2)24-22(25-15(13)3)28-12-18-10-19(23)9-17-11-26-21(27-20(17)18)16-7-5-4-6-8-16/h4-10,21H,11-12H2,1-3H3/t21-/m0/s1. The molecule has 0 aliphatic carbocycles. The molecule has 4 nitrogen and oxygen atoms in total. The van der Waals surface area contributed by atoms with E-state index in [0.29, 0.717) is 23.3 Å². The average Bonchev–Trinajstić information content (AvgIpc) is 2.70. The van der Waals surface area contributed by atoms with E-state index in [-0.39, 0.29) is 5.82 Å². The van der Waals surface area contributed by atoms with Crippen molar-refractivity contribution in [2.45, 2.75) is 44.6 Å². The third-order valence-electron chi connectivity index (χ3n) is 4.86. The van der Waals surface area contributed by atoms with Crippen molar-refractivity contribution in [2.75, 3.05) is 0 Å². The summed E-state index contributed by atoms with van der Waals surface area (Å²) < 4.78 is 26.0. The Bertz CT molecular complexity index is 988. The van der Waals surface area contributed by atoms with Crippen LogP contribution in [0, 0.1) is 26.6 Å². The summed E-state index contributed by atoms with van der Waals surface area (Å²) in [6.07, 6.45) is -0.497. The second-order valence-corrected chi connectivity index (χ2v) is 7.76. The zero-order chi connectivity index (χ0) is 19.7. The van der Waals surface area contributed by atoms with Crippen molar-refractivity contribution < 1.29 is 13.9 Å². The van der Waals surface area contributed by atoms with Crippen LogP contribution in [0.25, 0.3) is 0 Å². The van der Waals surface area contributed by atoms with E-state index in [4.69, 9.17) is 9.47 Å². The van der Waals surface area contributed by atoms with Crippen LogP contribution < -0.4 is 4.74 Å². The van der Waals surface area contributed by atoms with Gasteiger partial charge in [0.15, 0.2) is 5.16 Å². The molecule has 0 bridgehead atoms. The molecule has 28 heavy (non-hydrogen) atoms. The predicted molar refractivity (Wildman–Crippen MR) is 107 cm³/mol. The molecule has 0 fully saturated rings. The van der Waals surface area contributed by atoms with Crippen LogP contribution in [-0.4, -0.2) is 9.97 Å². The maximum Gasteiger partial charge on any atom is 0.227 e. The molecule has 1 aliphatic rings. The molecular weight excluding hydrogens is 375 g/mol. The minimum Gasteiger partial charge on any atom is -0.460 e. The number of rotatable bonds is 4. The fourth-order valence-electron chi connectivity index (χ4n) is 3.11. The van der Waals surface area contributed by atoms with Crippen LogP contribution in [0.2, 0.25) is 0 Å². The van der Waals surface area contributed by atoms with Crippen molar-refractivity contribution in [1.29, 1.82) is 0 Å². The monoisotopic (exact) mass is 396 g/mol. The van der Waals surface area contributed by atoms with Gasteiger partial charge in [0.05, 0.1) is 6.61 Å². The van der Waals surface area contributed by atoms with Crippen molar-refractivity contribution in [1.82, 2.24) is 9.97 Å². The van der Waals surface area contributed by atoms with E-state index in [1.807, 2.05) is 51.1 Å². The van der Waals surface area contributed by atoms with Crippen LogP contribution in [0.4, 0.5) is 4.39 Å². The Morgan fingerprint density at radius 1 is 1.07 bits per heavy atom. The Labute approximate surface area is 168 Å². The van der Waals surface area contributed by atoms with E-state index < -0.39 is 6.29 Å². The molecule has 0 unspecified atom stereocenters. The number of ether oxygens (including phenoxy) is 2. The second kappa shape index (κ2) is 7.89. The van der Waals surface area contributed by atoms with Gasteiger partial charge >= 0.3 is 0 Å². The Morgan fingerprint density at radius 3 is 2.50 bits per heavy atom. The topological polar surface area (TPSA) is 44.2 Å². The number of fused-ring (bicyclic) bond motifs is 1. The number of benzene rings is 2. The van der Waals surface area contributed by atoms with Gasteiger partial charge in [0.25, 0.3) is 0 Å². The number of aryl methyl sites for hydroxylation is 2. The number of halogens is 1. The van der Waals surface area contributed by atoms with Gasteiger partial charge in [-0.25, -0.2) is 14.4 Å². The third kappa shape index (κ3) is 3.88. The van der Waals surface area contributed by atoms with Crippen molar-refractivity contribution in [3.63, 3.8) is 0 Å². The van der Waals surface area contributed by atoms with Gasteiger partial charge in [-0.2, -0.15) is 0 Å². The molecule has 0 spiro atoms. The highest BCUT2D eigenvalue weighted by Crippen LogP contribution is 2.38. The van der Waals surface area contributed by atoms with Crippen molar-refractivity contribution in [2.24, 2.45) is 0 Å². The lowest BCUT2D eigenvalue weighted by Crippen LogP contribution is -2.19. The highest BCUT2D eigenvalue weighted by molar-refractivity contribution is 7.98. The minimum atomic E-state index is -0.497. The number of hydrogen-bond donors (Lipinski definition) is 0. The predicted octanol–water partition coefficient (Wildman–Crippen LogP) is 5.44. The largest absolute Gasteiger partial charge is 0.460 e. The molecule has 4 rings (SSSR count). The lowest BCUT2D eigenvalue weighted by Gasteiger charge is -2.28. The smallest absolute Gasteiger partial charge is 0.227 e. The number of hydrogen-bond acceptors (Lipinski definition) is 5. The van der Waals surface area contributed by atoms with Gasteiger partial charge in [-0.1, -0.05) is 42.1 Å². The summed E-state index contributed by atoms with van der Waals surface area (Å²) in [4.78, 5) is 9.08. The number of aromatic nitrogens is 2. The molecule has 1 aromatic heterocycles. The zero-order valence-corrected chi connectivity index (χ0v) is 16.8. The summed E-state index contributed by atoms with van der Waals surface area (Å²) in [5.41, 5.74) is 5.46. The second-order valence-electron chi connectivity index (χ2n) is 6.82. The summed E-state index contributed by atoms with van der Waals surface area (Å²) in [6.45, 7) is 6.27. The SMILES string of the molecule is Cc1nc(SCc2cc(F)cc3c2O[C@@H](c2ccccc2)OC3)nc(C)c1C. The molecule has 144 valence electrons. The van der Waals surface area contributed by atoms with Gasteiger partial charge in [0, 0.05) is 33.8 Å². The van der Waals surface area contributed by atoms with Crippen LogP contribution in [-0.2, 0) is 17.1 Å². The fraction of sp³-hybridized carbons (Fsp3) is 0.273. The maximum absolute atomic E-state index is 14.1. The zero-order valence-electron chi connectivity index (χ0n) is 16.0. The van der Waals surface area contributed by atoms with Gasteiger partial charge in [-0.05, 0) is 38.5 Å². The lowest BCUT2D eigenvalue weighted by molar-refractivity contribution is -0.112. The molecule has 0 radical (unpaired) electrons. The minimum absolute atomic E-state index is 0.295. The summed E-state index contributed by atoms with van der Waals surface area (Å²) in [7, 11) is 0. The summed E-state index contributed by atoms with van der Waals surface area (Å²) in [6, 6.07) is 12.7. The first-order valence-corrected chi connectivity index (χ1v) is 10.1. The van der Waals surface area contributed by atoms with Crippen LogP contribution in [0.15, 0.2) is 47.6 Å². The van der Waals surface area contributed by atoms with Crippen LogP contribution >= 0.6 is 11.8 Å². The molecule has 2 aromatic carbocycles. The van der Waals surface area contributed by atoms with Gasteiger partial charge in [-0.15, -0.1) is 0 Å². The summed E-state index contributed by atoms with van der Waals surface area (Å²) in [5.74, 6) is 0.912. The molecule has 0 saturated heterocycles. The molecule has 1 aliphatic heterocycles. The van der Waals surface area contributed by atoms with E-state index in [2.05, 4.69) is 9.97 Å². The average molecular weight is 396 g/mol. The Balaban J connectivity index is 1.59. The summed E-state index contributed by atoms with van der Waals surface area (Å²) in [5, 5.41) is 0.685.